The third-order valence-electron chi connectivity index (χ3n) is 4.84. The summed E-state index contributed by atoms with van der Waals surface area (Å²) in [5.74, 6) is 0.179. The Balaban J connectivity index is 1.68. The van der Waals surface area contributed by atoms with E-state index in [4.69, 9.17) is 0 Å². The van der Waals surface area contributed by atoms with E-state index in [0.29, 0.717) is 17.4 Å². The molecule has 0 bridgehead atoms. The van der Waals surface area contributed by atoms with E-state index in [1.165, 1.54) is 12.1 Å². The Morgan fingerprint density at radius 2 is 2.04 bits per heavy atom. The average Bonchev–Trinajstić information content (AvgIpc) is 3.08. The van der Waals surface area contributed by atoms with Gasteiger partial charge in [0.2, 0.25) is 0 Å². The molecule has 7 nitrogen and oxygen atoms in total. The highest BCUT2D eigenvalue weighted by Gasteiger charge is 2.20. The van der Waals surface area contributed by atoms with Crippen LogP contribution in [0.1, 0.15) is 24.5 Å². The molecule has 0 radical (unpaired) electrons. The van der Waals surface area contributed by atoms with Crippen LogP contribution in [0.25, 0.3) is 5.65 Å². The van der Waals surface area contributed by atoms with Crippen molar-refractivity contribution in [3.8, 4) is 0 Å². The van der Waals surface area contributed by atoms with Crippen molar-refractivity contribution >= 4 is 27.0 Å². The van der Waals surface area contributed by atoms with E-state index in [1.807, 2.05) is 16.8 Å². The highest BCUT2D eigenvalue weighted by Crippen LogP contribution is 2.29. The van der Waals surface area contributed by atoms with Gasteiger partial charge in [0.25, 0.3) is 0 Å². The second-order valence-corrected chi connectivity index (χ2v) is 8.73. The van der Waals surface area contributed by atoms with Gasteiger partial charge in [-0.25, -0.2) is 22.8 Å². The van der Waals surface area contributed by atoms with E-state index >= 15 is 0 Å². The Bertz CT molecular complexity index is 1090. The Labute approximate surface area is 156 Å². The van der Waals surface area contributed by atoms with Gasteiger partial charge in [0.05, 0.1) is 10.6 Å². The molecule has 0 unspecified atom stereocenters. The molecule has 142 valence electrons. The van der Waals surface area contributed by atoms with Crippen LogP contribution in [0.2, 0.25) is 0 Å². The summed E-state index contributed by atoms with van der Waals surface area (Å²) in [6.45, 7) is 1.96. The first-order chi connectivity index (χ1) is 12.9. The number of hydrogen-bond acceptors (Lipinski definition) is 6. The zero-order valence-corrected chi connectivity index (χ0v) is 15.6. The molecule has 3 aromatic rings. The first kappa shape index (κ1) is 17.9. The maximum Gasteiger partial charge on any atom is 0.180 e. The smallest absolute Gasteiger partial charge is 0.180 e. The van der Waals surface area contributed by atoms with Gasteiger partial charge in [-0.1, -0.05) is 0 Å². The van der Waals surface area contributed by atoms with Crippen LogP contribution in [0.15, 0.2) is 41.7 Å². The monoisotopic (exact) mass is 389 g/mol. The van der Waals surface area contributed by atoms with Crippen LogP contribution in [0.5, 0.6) is 0 Å². The largest absolute Gasteiger partial charge is 0.335 e. The quantitative estimate of drug-likeness (QED) is 0.713. The molecular formula is C18H20FN5O2S. The molecule has 1 fully saturated rings. The third kappa shape index (κ3) is 3.52. The van der Waals surface area contributed by atoms with Crippen LogP contribution in [0.3, 0.4) is 0 Å². The minimum atomic E-state index is -3.46. The van der Waals surface area contributed by atoms with Gasteiger partial charge in [-0.05, 0) is 44.1 Å². The van der Waals surface area contributed by atoms with Crippen molar-refractivity contribution in [1.29, 1.82) is 0 Å². The average molecular weight is 389 g/mol. The van der Waals surface area contributed by atoms with Crippen molar-refractivity contribution in [3.05, 3.63) is 48.3 Å². The van der Waals surface area contributed by atoms with Crippen molar-refractivity contribution in [1.82, 2.24) is 19.7 Å². The van der Waals surface area contributed by atoms with Gasteiger partial charge in [-0.3, -0.25) is 4.40 Å². The van der Waals surface area contributed by atoms with E-state index in [-0.39, 0.29) is 10.6 Å². The lowest BCUT2D eigenvalue weighted by atomic mass is 9.95. The summed E-state index contributed by atoms with van der Waals surface area (Å²) in [5, 5.41) is 6.28. The molecule has 9 heteroatoms. The van der Waals surface area contributed by atoms with Gasteiger partial charge in [-0.2, -0.15) is 0 Å². The maximum absolute atomic E-state index is 14.4. The van der Waals surface area contributed by atoms with E-state index in [2.05, 4.69) is 20.6 Å². The van der Waals surface area contributed by atoms with Crippen LogP contribution in [0, 0.1) is 5.82 Å². The van der Waals surface area contributed by atoms with Crippen molar-refractivity contribution in [3.63, 3.8) is 0 Å². The fourth-order valence-electron chi connectivity index (χ4n) is 3.40. The van der Waals surface area contributed by atoms with Crippen molar-refractivity contribution < 1.29 is 12.8 Å². The topological polar surface area (TPSA) is 88.4 Å². The number of rotatable bonds is 4. The minimum Gasteiger partial charge on any atom is -0.335 e. The summed E-state index contributed by atoms with van der Waals surface area (Å²) in [6.07, 6.45) is 8.48. The van der Waals surface area contributed by atoms with Crippen LogP contribution in [0.4, 0.5) is 15.9 Å². The number of sulfone groups is 1. The minimum absolute atomic E-state index is 0.0641. The predicted octanol–water partition coefficient (Wildman–Crippen LogP) is 2.48. The highest BCUT2D eigenvalue weighted by atomic mass is 32.2. The molecule has 2 aromatic heterocycles. The summed E-state index contributed by atoms with van der Waals surface area (Å²) in [6, 6.07) is 3.77. The summed E-state index contributed by atoms with van der Waals surface area (Å²) in [7, 11) is -3.46. The number of piperidine rings is 1. The second-order valence-electron chi connectivity index (χ2n) is 6.72. The SMILES string of the molecule is CS(=O)(=O)c1ccc(Nc2nccn3c(C4CCNCC4)cnc23)c(F)c1. The Morgan fingerprint density at radius 1 is 1.26 bits per heavy atom. The molecule has 1 aromatic carbocycles. The van der Waals surface area contributed by atoms with Crippen LogP contribution in [-0.4, -0.2) is 42.1 Å². The van der Waals surface area contributed by atoms with Gasteiger partial charge in [0.1, 0.15) is 5.82 Å². The van der Waals surface area contributed by atoms with Gasteiger partial charge in [0, 0.05) is 36.5 Å². The lowest BCUT2D eigenvalue weighted by Gasteiger charge is -2.22. The molecule has 27 heavy (non-hydrogen) atoms. The maximum atomic E-state index is 14.4. The van der Waals surface area contributed by atoms with E-state index < -0.39 is 15.7 Å². The number of nitrogens with zero attached hydrogens (tertiary/aromatic N) is 3. The summed E-state index contributed by atoms with van der Waals surface area (Å²) < 4.78 is 39.5. The normalized spacial score (nSPS) is 15.9. The molecule has 0 atom stereocenters. The zero-order valence-electron chi connectivity index (χ0n) is 14.8. The molecule has 2 N–H and O–H groups in total. The van der Waals surface area contributed by atoms with Gasteiger partial charge < -0.3 is 10.6 Å². The first-order valence-electron chi connectivity index (χ1n) is 8.73. The second kappa shape index (κ2) is 6.90. The van der Waals surface area contributed by atoms with Gasteiger partial charge in [-0.15, -0.1) is 0 Å². The number of hydrogen-bond donors (Lipinski definition) is 2. The van der Waals surface area contributed by atoms with Crippen molar-refractivity contribution in [2.24, 2.45) is 0 Å². The number of halogens is 1. The van der Waals surface area contributed by atoms with Crippen LogP contribution < -0.4 is 10.6 Å². The van der Waals surface area contributed by atoms with Gasteiger partial charge >= 0.3 is 0 Å². The van der Waals surface area contributed by atoms with Crippen LogP contribution in [-0.2, 0) is 9.84 Å². The van der Waals surface area contributed by atoms with E-state index in [1.54, 1.807) is 6.20 Å². The molecule has 0 spiro atoms. The molecular weight excluding hydrogens is 369 g/mol. The predicted molar refractivity (Wildman–Crippen MR) is 101 cm³/mol. The molecule has 0 amide bonds. The first-order valence-corrected chi connectivity index (χ1v) is 10.6. The number of aromatic nitrogens is 3. The summed E-state index contributed by atoms with van der Waals surface area (Å²) in [5.41, 5.74) is 1.87. The molecule has 1 aliphatic heterocycles. The lowest BCUT2D eigenvalue weighted by Crippen LogP contribution is -2.27. The molecule has 4 rings (SSSR count). The fraction of sp³-hybridized carbons (Fsp3) is 0.333. The molecule has 1 saturated heterocycles. The standard InChI is InChI=1S/C18H20FN5O2S/c1-27(25,26)13-2-3-15(14(19)10-13)23-17-18-22-11-16(24(18)9-8-21-17)12-4-6-20-7-5-12/h2-3,8-12,20H,4-7H2,1H3,(H,21,23). The van der Waals surface area contributed by atoms with Crippen LogP contribution >= 0.6 is 0 Å². The Hall–Kier alpha value is -2.52. The number of nitrogens with one attached hydrogen (secondary N) is 2. The fourth-order valence-corrected chi connectivity index (χ4v) is 4.03. The molecule has 0 saturated carbocycles. The van der Waals surface area contributed by atoms with E-state index in [0.717, 1.165) is 43.9 Å². The van der Waals surface area contributed by atoms with Gasteiger partial charge in [0.15, 0.2) is 21.3 Å². The number of imidazole rings is 1. The lowest BCUT2D eigenvalue weighted by molar-refractivity contribution is 0.451. The molecule has 3 heterocycles. The summed E-state index contributed by atoms with van der Waals surface area (Å²) in [4.78, 5) is 8.69. The highest BCUT2D eigenvalue weighted by molar-refractivity contribution is 7.90. The number of anilines is 2. The number of benzene rings is 1. The summed E-state index contributed by atoms with van der Waals surface area (Å²) >= 11 is 0. The number of fused-ring (bicyclic) bond motifs is 1. The Kier molecular flexibility index (Phi) is 4.56. The molecule has 1 aliphatic rings. The molecule has 0 aliphatic carbocycles. The Morgan fingerprint density at radius 3 is 2.74 bits per heavy atom. The van der Waals surface area contributed by atoms with Crippen molar-refractivity contribution in [2.75, 3.05) is 24.7 Å². The van der Waals surface area contributed by atoms with Crippen molar-refractivity contribution in [2.45, 2.75) is 23.7 Å². The zero-order chi connectivity index (χ0) is 19.0. The third-order valence-corrected chi connectivity index (χ3v) is 5.95. The van der Waals surface area contributed by atoms with E-state index in [9.17, 15) is 12.8 Å².